The lowest BCUT2D eigenvalue weighted by Crippen LogP contribution is -2.27. The molecule has 0 spiro atoms. The first-order chi connectivity index (χ1) is 13.2. The maximum atomic E-state index is 12.4. The number of ether oxygens (including phenoxy) is 3. The van der Waals surface area contributed by atoms with Crippen LogP contribution in [0.25, 0.3) is 0 Å². The fraction of sp³-hybridized carbons (Fsp3) is 0.300. The summed E-state index contributed by atoms with van der Waals surface area (Å²) >= 11 is 0. The minimum Gasteiger partial charge on any atom is -0.454 e. The molecule has 140 valence electrons. The smallest absolute Gasteiger partial charge is 0.253 e. The highest BCUT2D eigenvalue weighted by Gasteiger charge is 2.23. The van der Waals surface area contributed by atoms with Gasteiger partial charge in [-0.25, -0.2) is 0 Å². The summed E-state index contributed by atoms with van der Waals surface area (Å²) < 4.78 is 16.0. The zero-order chi connectivity index (χ0) is 18.6. The quantitative estimate of drug-likeness (QED) is 0.847. The highest BCUT2D eigenvalue weighted by molar-refractivity contribution is 5.98. The maximum absolute atomic E-state index is 12.4. The molecular weight excluding hydrogens is 348 g/mol. The first-order valence-corrected chi connectivity index (χ1v) is 8.88. The number of nitrogens with one attached hydrogen (secondary N) is 2. The van der Waals surface area contributed by atoms with Gasteiger partial charge in [0.25, 0.3) is 11.8 Å². The van der Waals surface area contributed by atoms with Crippen LogP contribution in [0.15, 0.2) is 42.5 Å². The molecule has 4 rings (SSSR count). The Morgan fingerprint density at radius 1 is 1.07 bits per heavy atom. The second-order valence-electron chi connectivity index (χ2n) is 6.44. The van der Waals surface area contributed by atoms with Crippen molar-refractivity contribution in [2.75, 3.05) is 18.7 Å². The number of carbonyl (C=O) groups excluding carboxylic acids is 2. The van der Waals surface area contributed by atoms with Gasteiger partial charge < -0.3 is 24.8 Å². The van der Waals surface area contributed by atoms with E-state index >= 15 is 0 Å². The summed E-state index contributed by atoms with van der Waals surface area (Å²) in [6, 6.07) is 12.4. The average molecular weight is 368 g/mol. The summed E-state index contributed by atoms with van der Waals surface area (Å²) in [5.41, 5.74) is 1.96. The summed E-state index contributed by atoms with van der Waals surface area (Å²) in [4.78, 5) is 24.6. The Kier molecular flexibility index (Phi) is 4.93. The number of hydrogen-bond donors (Lipinski definition) is 2. The van der Waals surface area contributed by atoms with Gasteiger partial charge in [-0.15, -0.1) is 0 Å². The molecule has 7 nitrogen and oxygen atoms in total. The lowest BCUT2D eigenvalue weighted by Gasteiger charge is -2.11. The Morgan fingerprint density at radius 3 is 2.81 bits per heavy atom. The predicted octanol–water partition coefficient (Wildman–Crippen LogP) is 2.46. The van der Waals surface area contributed by atoms with Crippen LogP contribution in [0.2, 0.25) is 0 Å². The van der Waals surface area contributed by atoms with Crippen molar-refractivity contribution in [3.63, 3.8) is 0 Å². The Hall–Kier alpha value is -3.06. The molecule has 0 bridgehead atoms. The number of benzene rings is 2. The van der Waals surface area contributed by atoms with Gasteiger partial charge in [-0.05, 0) is 48.7 Å². The van der Waals surface area contributed by atoms with Gasteiger partial charge in [-0.3, -0.25) is 9.59 Å². The van der Waals surface area contributed by atoms with Crippen molar-refractivity contribution < 1.29 is 23.8 Å². The SMILES string of the molecule is O=C(NCc1ccc2c(c1)OCO2)c1cccc(NC(=O)C2CCCO2)c1. The highest BCUT2D eigenvalue weighted by atomic mass is 16.7. The molecular formula is C20H20N2O5. The van der Waals surface area contributed by atoms with Crippen LogP contribution < -0.4 is 20.1 Å². The molecule has 2 aromatic rings. The third-order valence-electron chi connectivity index (χ3n) is 4.50. The number of fused-ring (bicyclic) bond motifs is 1. The molecule has 0 saturated carbocycles. The van der Waals surface area contributed by atoms with Gasteiger partial charge >= 0.3 is 0 Å². The van der Waals surface area contributed by atoms with Crippen LogP contribution in [0.1, 0.15) is 28.8 Å². The molecule has 0 aliphatic carbocycles. The summed E-state index contributed by atoms with van der Waals surface area (Å²) in [5, 5.41) is 5.68. The van der Waals surface area contributed by atoms with Gasteiger partial charge in [0.15, 0.2) is 11.5 Å². The van der Waals surface area contributed by atoms with Crippen molar-refractivity contribution in [1.29, 1.82) is 0 Å². The number of carbonyl (C=O) groups is 2. The lowest BCUT2D eigenvalue weighted by atomic mass is 10.1. The first-order valence-electron chi connectivity index (χ1n) is 8.88. The Bertz CT molecular complexity index is 861. The van der Waals surface area contributed by atoms with Gasteiger partial charge in [0.2, 0.25) is 6.79 Å². The van der Waals surface area contributed by atoms with E-state index in [1.165, 1.54) is 0 Å². The Balaban J connectivity index is 1.36. The first kappa shape index (κ1) is 17.4. The van der Waals surface area contributed by atoms with Crippen LogP contribution in [-0.4, -0.2) is 31.3 Å². The standard InChI is InChI=1S/C20H20N2O5/c23-19(21-11-13-6-7-16-18(9-13)27-12-26-16)14-3-1-4-15(10-14)22-20(24)17-5-2-8-25-17/h1,3-4,6-7,9-10,17H,2,5,8,11-12H2,(H,21,23)(H,22,24). The van der Waals surface area contributed by atoms with E-state index in [1.54, 1.807) is 24.3 Å². The summed E-state index contributed by atoms with van der Waals surface area (Å²) in [7, 11) is 0. The van der Waals surface area contributed by atoms with E-state index in [9.17, 15) is 9.59 Å². The number of amides is 2. The minimum atomic E-state index is -0.409. The van der Waals surface area contributed by atoms with Crippen LogP contribution in [0, 0.1) is 0 Å². The van der Waals surface area contributed by atoms with Crippen LogP contribution in [0.5, 0.6) is 11.5 Å². The third kappa shape index (κ3) is 4.03. The second kappa shape index (κ2) is 7.67. The zero-order valence-corrected chi connectivity index (χ0v) is 14.7. The molecule has 0 aromatic heterocycles. The number of rotatable bonds is 5. The van der Waals surface area contributed by atoms with E-state index in [4.69, 9.17) is 14.2 Å². The van der Waals surface area contributed by atoms with Crippen LogP contribution in [0.4, 0.5) is 5.69 Å². The Labute approximate surface area is 156 Å². The van der Waals surface area contributed by atoms with E-state index in [0.717, 1.165) is 18.4 Å². The molecule has 2 aromatic carbocycles. The number of hydrogen-bond acceptors (Lipinski definition) is 5. The predicted molar refractivity (Wildman–Crippen MR) is 97.8 cm³/mol. The molecule has 2 aliphatic rings. The fourth-order valence-electron chi connectivity index (χ4n) is 3.08. The lowest BCUT2D eigenvalue weighted by molar-refractivity contribution is -0.124. The molecule has 2 heterocycles. The normalized spacial score (nSPS) is 17.6. The van der Waals surface area contributed by atoms with Crippen LogP contribution >= 0.6 is 0 Å². The summed E-state index contributed by atoms with van der Waals surface area (Å²) in [6.07, 6.45) is 1.20. The van der Waals surface area contributed by atoms with Gasteiger partial charge in [0, 0.05) is 24.4 Å². The Morgan fingerprint density at radius 2 is 1.96 bits per heavy atom. The minimum absolute atomic E-state index is 0.176. The largest absolute Gasteiger partial charge is 0.454 e. The molecule has 2 amide bonds. The van der Waals surface area contributed by atoms with Crippen LogP contribution in [-0.2, 0) is 16.1 Å². The van der Waals surface area contributed by atoms with Crippen molar-refractivity contribution in [1.82, 2.24) is 5.32 Å². The van der Waals surface area contributed by atoms with Crippen molar-refractivity contribution in [2.45, 2.75) is 25.5 Å². The third-order valence-corrected chi connectivity index (χ3v) is 4.50. The molecule has 1 atom stereocenters. The summed E-state index contributed by atoms with van der Waals surface area (Å²) in [6.45, 7) is 1.19. The maximum Gasteiger partial charge on any atom is 0.253 e. The zero-order valence-electron chi connectivity index (χ0n) is 14.7. The van der Waals surface area contributed by atoms with E-state index in [2.05, 4.69) is 10.6 Å². The van der Waals surface area contributed by atoms with E-state index in [-0.39, 0.29) is 18.6 Å². The van der Waals surface area contributed by atoms with E-state index < -0.39 is 6.10 Å². The molecule has 7 heteroatoms. The van der Waals surface area contributed by atoms with E-state index in [0.29, 0.717) is 35.9 Å². The molecule has 1 unspecified atom stereocenters. The molecule has 0 radical (unpaired) electrons. The van der Waals surface area contributed by atoms with Gasteiger partial charge in [-0.2, -0.15) is 0 Å². The molecule has 1 saturated heterocycles. The monoisotopic (exact) mass is 368 g/mol. The van der Waals surface area contributed by atoms with Gasteiger partial charge in [-0.1, -0.05) is 12.1 Å². The molecule has 1 fully saturated rings. The topological polar surface area (TPSA) is 85.9 Å². The van der Waals surface area contributed by atoms with Gasteiger partial charge in [0.1, 0.15) is 6.10 Å². The van der Waals surface area contributed by atoms with Crippen molar-refractivity contribution in [3.8, 4) is 11.5 Å². The fourth-order valence-corrected chi connectivity index (χ4v) is 3.08. The highest BCUT2D eigenvalue weighted by Crippen LogP contribution is 2.32. The van der Waals surface area contributed by atoms with Crippen molar-refractivity contribution >= 4 is 17.5 Å². The van der Waals surface area contributed by atoms with Crippen molar-refractivity contribution in [3.05, 3.63) is 53.6 Å². The second-order valence-corrected chi connectivity index (χ2v) is 6.44. The van der Waals surface area contributed by atoms with E-state index in [1.807, 2.05) is 18.2 Å². The molecule has 27 heavy (non-hydrogen) atoms. The van der Waals surface area contributed by atoms with Gasteiger partial charge in [0.05, 0.1) is 0 Å². The van der Waals surface area contributed by atoms with Crippen molar-refractivity contribution in [2.24, 2.45) is 0 Å². The van der Waals surface area contributed by atoms with Crippen LogP contribution in [0.3, 0.4) is 0 Å². The number of anilines is 1. The average Bonchev–Trinajstić information content (AvgIpc) is 3.37. The summed E-state index contributed by atoms with van der Waals surface area (Å²) in [5.74, 6) is 0.992. The molecule has 2 aliphatic heterocycles. The molecule has 2 N–H and O–H groups in total.